The minimum absolute atomic E-state index is 0.0289. The number of benzene rings is 1. The Morgan fingerprint density at radius 1 is 1.45 bits per heavy atom. The maximum Gasteiger partial charge on any atom is 0.417 e. The zero-order chi connectivity index (χ0) is 14.8. The van der Waals surface area contributed by atoms with Gasteiger partial charge in [-0.3, -0.25) is 0 Å². The lowest BCUT2D eigenvalue weighted by Gasteiger charge is -2.30. The van der Waals surface area contributed by atoms with E-state index in [4.69, 9.17) is 16.3 Å². The van der Waals surface area contributed by atoms with Crippen molar-refractivity contribution in [1.82, 2.24) is 4.90 Å². The second-order valence-electron chi connectivity index (χ2n) is 4.83. The summed E-state index contributed by atoms with van der Waals surface area (Å²) in [6.07, 6.45) is -4.48. The van der Waals surface area contributed by atoms with Crippen LogP contribution in [0.5, 0.6) is 0 Å². The van der Waals surface area contributed by atoms with E-state index in [9.17, 15) is 13.2 Å². The number of hydrogen-bond donors (Lipinski definition) is 1. The van der Waals surface area contributed by atoms with Crippen molar-refractivity contribution in [2.45, 2.75) is 12.3 Å². The van der Waals surface area contributed by atoms with E-state index < -0.39 is 11.7 Å². The Balaban J connectivity index is 1.99. The van der Waals surface area contributed by atoms with Crippen LogP contribution in [0.25, 0.3) is 0 Å². The van der Waals surface area contributed by atoms with Gasteiger partial charge in [0.2, 0.25) is 0 Å². The maximum absolute atomic E-state index is 12.7. The molecule has 0 saturated carbocycles. The van der Waals surface area contributed by atoms with Crippen molar-refractivity contribution in [3.8, 4) is 0 Å². The molecule has 3 nitrogen and oxygen atoms in total. The first-order valence-corrected chi connectivity index (χ1v) is 6.65. The molecular formula is C13H16ClF3N2O. The van der Waals surface area contributed by atoms with E-state index in [1.54, 1.807) is 0 Å². The monoisotopic (exact) mass is 308 g/mol. The van der Waals surface area contributed by atoms with Crippen molar-refractivity contribution < 1.29 is 17.9 Å². The zero-order valence-electron chi connectivity index (χ0n) is 11.0. The van der Waals surface area contributed by atoms with E-state index in [0.29, 0.717) is 18.8 Å². The molecule has 1 aliphatic rings. The third kappa shape index (κ3) is 4.01. The summed E-state index contributed by atoms with van der Waals surface area (Å²) in [6, 6.07) is 3.81. The molecule has 20 heavy (non-hydrogen) atoms. The van der Waals surface area contributed by atoms with Gasteiger partial charge in [-0.2, -0.15) is 13.2 Å². The van der Waals surface area contributed by atoms with Crippen LogP contribution in [0, 0.1) is 0 Å². The molecule has 1 N–H and O–H groups in total. The molecule has 1 aromatic carbocycles. The maximum atomic E-state index is 12.7. The molecular weight excluding hydrogens is 293 g/mol. The number of hydrogen-bond acceptors (Lipinski definition) is 3. The second kappa shape index (κ2) is 6.20. The summed E-state index contributed by atoms with van der Waals surface area (Å²) in [4.78, 5) is 2.12. The van der Waals surface area contributed by atoms with Crippen LogP contribution < -0.4 is 5.32 Å². The van der Waals surface area contributed by atoms with Crippen LogP contribution in [0.15, 0.2) is 18.2 Å². The summed E-state index contributed by atoms with van der Waals surface area (Å²) in [7, 11) is 1.99. The quantitative estimate of drug-likeness (QED) is 0.928. The predicted molar refractivity (Wildman–Crippen MR) is 72.2 cm³/mol. The highest BCUT2D eigenvalue weighted by atomic mass is 35.5. The van der Waals surface area contributed by atoms with E-state index >= 15 is 0 Å². The van der Waals surface area contributed by atoms with Crippen molar-refractivity contribution in [2.24, 2.45) is 0 Å². The Bertz CT molecular complexity index is 467. The number of anilines is 1. The van der Waals surface area contributed by atoms with Gasteiger partial charge >= 0.3 is 6.18 Å². The molecule has 0 aliphatic carbocycles. The lowest BCUT2D eigenvalue weighted by molar-refractivity contribution is -0.137. The molecule has 1 heterocycles. The molecule has 1 aliphatic heterocycles. The highest BCUT2D eigenvalue weighted by molar-refractivity contribution is 6.31. The first-order chi connectivity index (χ1) is 9.36. The van der Waals surface area contributed by atoms with Crippen molar-refractivity contribution in [2.75, 3.05) is 38.6 Å². The Hall–Kier alpha value is -0.980. The average Bonchev–Trinajstić information content (AvgIpc) is 2.36. The third-order valence-corrected chi connectivity index (χ3v) is 3.48. The van der Waals surface area contributed by atoms with Crippen molar-refractivity contribution >= 4 is 17.3 Å². The number of rotatable bonds is 3. The average molecular weight is 309 g/mol. The highest BCUT2D eigenvalue weighted by Gasteiger charge is 2.33. The molecule has 1 unspecified atom stereocenters. The minimum atomic E-state index is -4.45. The number of morpholine rings is 1. The summed E-state index contributed by atoms with van der Waals surface area (Å²) < 4.78 is 43.7. The van der Waals surface area contributed by atoms with E-state index in [0.717, 1.165) is 19.2 Å². The van der Waals surface area contributed by atoms with Crippen molar-refractivity contribution in [3.63, 3.8) is 0 Å². The third-order valence-electron chi connectivity index (χ3n) is 3.15. The number of halogens is 4. The molecule has 112 valence electrons. The molecule has 2 rings (SSSR count). The van der Waals surface area contributed by atoms with Gasteiger partial charge < -0.3 is 15.0 Å². The summed E-state index contributed by atoms with van der Waals surface area (Å²) in [5.74, 6) is 0. The number of likely N-dealkylation sites (N-methyl/N-ethyl adjacent to an activating group) is 1. The minimum Gasteiger partial charge on any atom is -0.382 e. The Morgan fingerprint density at radius 2 is 2.20 bits per heavy atom. The van der Waals surface area contributed by atoms with Gasteiger partial charge in [0, 0.05) is 25.3 Å². The summed E-state index contributed by atoms with van der Waals surface area (Å²) in [5.41, 5.74) is -0.440. The van der Waals surface area contributed by atoms with Gasteiger partial charge in [-0.25, -0.2) is 0 Å². The van der Waals surface area contributed by atoms with Gasteiger partial charge in [-0.1, -0.05) is 11.6 Å². The Labute approximate surface area is 120 Å². The number of nitrogens with zero attached hydrogens (tertiary/aromatic N) is 1. The molecule has 0 radical (unpaired) electrons. The molecule has 0 spiro atoms. The lowest BCUT2D eigenvalue weighted by Crippen LogP contribution is -2.43. The summed E-state index contributed by atoms with van der Waals surface area (Å²) in [5, 5.41) is 2.67. The van der Waals surface area contributed by atoms with Crippen LogP contribution in [0.1, 0.15) is 5.56 Å². The van der Waals surface area contributed by atoms with E-state index in [1.807, 2.05) is 7.05 Å². The predicted octanol–water partition coefficient (Wildman–Crippen LogP) is 3.10. The summed E-state index contributed by atoms with van der Waals surface area (Å²) in [6.45, 7) is 2.73. The van der Waals surface area contributed by atoms with Gasteiger partial charge in [0.15, 0.2) is 0 Å². The van der Waals surface area contributed by atoms with Crippen LogP contribution in [0.4, 0.5) is 18.9 Å². The van der Waals surface area contributed by atoms with Gasteiger partial charge in [0.1, 0.15) is 0 Å². The SMILES string of the molecule is CN1CCOC(CNc2ccc(Cl)c(C(F)(F)F)c2)C1. The number of nitrogens with one attached hydrogen (secondary N) is 1. The van der Waals surface area contributed by atoms with E-state index in [-0.39, 0.29) is 11.1 Å². The van der Waals surface area contributed by atoms with Crippen molar-refractivity contribution in [1.29, 1.82) is 0 Å². The molecule has 1 saturated heterocycles. The van der Waals surface area contributed by atoms with E-state index in [1.165, 1.54) is 12.1 Å². The second-order valence-corrected chi connectivity index (χ2v) is 5.24. The Kier molecular flexibility index (Phi) is 4.78. The van der Waals surface area contributed by atoms with Gasteiger partial charge in [-0.05, 0) is 25.2 Å². The topological polar surface area (TPSA) is 24.5 Å². The number of ether oxygens (including phenoxy) is 1. The van der Waals surface area contributed by atoms with Crippen LogP contribution in [0.2, 0.25) is 5.02 Å². The van der Waals surface area contributed by atoms with Crippen LogP contribution in [0.3, 0.4) is 0 Å². The van der Waals surface area contributed by atoms with Gasteiger partial charge in [0.25, 0.3) is 0 Å². The first-order valence-electron chi connectivity index (χ1n) is 6.27. The van der Waals surface area contributed by atoms with Crippen LogP contribution >= 0.6 is 11.6 Å². The molecule has 7 heteroatoms. The molecule has 0 amide bonds. The molecule has 1 aromatic rings. The largest absolute Gasteiger partial charge is 0.417 e. The standard InChI is InChI=1S/C13H16ClF3N2O/c1-19-4-5-20-10(8-19)7-18-9-2-3-12(14)11(6-9)13(15,16)17/h2-3,6,10,18H,4-5,7-8H2,1H3. The fraction of sp³-hybridized carbons (Fsp3) is 0.538. The van der Waals surface area contributed by atoms with Crippen LogP contribution in [-0.2, 0) is 10.9 Å². The highest BCUT2D eigenvalue weighted by Crippen LogP contribution is 2.36. The Morgan fingerprint density at radius 3 is 2.85 bits per heavy atom. The molecule has 0 aromatic heterocycles. The fourth-order valence-electron chi connectivity index (χ4n) is 2.07. The summed E-state index contributed by atoms with van der Waals surface area (Å²) >= 11 is 5.57. The molecule has 0 bridgehead atoms. The van der Waals surface area contributed by atoms with Crippen molar-refractivity contribution in [3.05, 3.63) is 28.8 Å². The van der Waals surface area contributed by atoms with Crippen LogP contribution in [-0.4, -0.2) is 44.3 Å². The smallest absolute Gasteiger partial charge is 0.382 e. The van der Waals surface area contributed by atoms with Gasteiger partial charge in [0.05, 0.1) is 23.3 Å². The van der Waals surface area contributed by atoms with Gasteiger partial charge in [-0.15, -0.1) is 0 Å². The number of alkyl halides is 3. The lowest BCUT2D eigenvalue weighted by atomic mass is 10.2. The molecule has 1 atom stereocenters. The van der Waals surface area contributed by atoms with E-state index in [2.05, 4.69) is 10.2 Å². The molecule has 1 fully saturated rings. The zero-order valence-corrected chi connectivity index (χ0v) is 11.8. The normalized spacial score (nSPS) is 20.9. The fourth-order valence-corrected chi connectivity index (χ4v) is 2.30. The first kappa shape index (κ1) is 15.4.